The Balaban J connectivity index is 3.91. The molecule has 0 aliphatic carbocycles. The zero-order valence-corrected chi connectivity index (χ0v) is 6.82. The maximum absolute atomic E-state index is 6.91. The summed E-state index contributed by atoms with van der Waals surface area (Å²) in [6, 6.07) is 0.908. The van der Waals surface area contributed by atoms with Gasteiger partial charge in [0.05, 0.1) is 4.11 Å². The second kappa shape index (κ2) is 3.25. The summed E-state index contributed by atoms with van der Waals surface area (Å²) < 4.78 is 25.7. The van der Waals surface area contributed by atoms with Crippen LogP contribution in [0.3, 0.4) is 0 Å². The maximum atomic E-state index is 6.91. The fourth-order valence-electron chi connectivity index (χ4n) is 0.653. The lowest BCUT2D eigenvalue weighted by Crippen LogP contribution is -2.27. The lowest BCUT2D eigenvalue weighted by atomic mass is 10.6. The molecule has 0 saturated heterocycles. The summed E-state index contributed by atoms with van der Waals surface area (Å²) in [5.41, 5.74) is 0. The highest BCUT2D eigenvalue weighted by molar-refractivity contribution is 6.71. The highest BCUT2D eigenvalue weighted by atomic mass is 28.4. The Morgan fingerprint density at radius 1 is 1.62 bits per heavy atom. The first-order valence-electron chi connectivity index (χ1n) is 4.47. The van der Waals surface area contributed by atoms with Crippen molar-refractivity contribution in [3.8, 4) is 0 Å². The fourth-order valence-corrected chi connectivity index (χ4v) is 1.96. The molecule has 0 aromatic heterocycles. The van der Waals surface area contributed by atoms with Crippen molar-refractivity contribution >= 4 is 8.32 Å². The number of hydrogen-bond acceptors (Lipinski definition) is 1. The molecule has 0 bridgehead atoms. The van der Waals surface area contributed by atoms with Crippen molar-refractivity contribution in [3.63, 3.8) is 0 Å². The topological polar surface area (TPSA) is 9.23 Å². The predicted octanol–water partition coefficient (Wildman–Crippen LogP) is 2.25. The van der Waals surface area contributed by atoms with Gasteiger partial charge in [0.1, 0.15) is 0 Å². The molecule has 0 saturated carbocycles. The summed E-state index contributed by atoms with van der Waals surface area (Å²) in [6.45, 7) is 5.91. The summed E-state index contributed by atoms with van der Waals surface area (Å²) in [5.74, 6) is 0. The van der Waals surface area contributed by atoms with E-state index >= 15 is 0 Å². The molecule has 0 amide bonds. The first kappa shape index (κ1) is 4.07. The zero-order chi connectivity index (χ0) is 9.12. The van der Waals surface area contributed by atoms with Gasteiger partial charge in [0.25, 0.3) is 0 Å². The van der Waals surface area contributed by atoms with Crippen molar-refractivity contribution in [2.75, 3.05) is 7.04 Å². The third kappa shape index (κ3) is 3.21. The van der Waals surface area contributed by atoms with Gasteiger partial charge in [-0.15, -0.1) is 0 Å². The minimum Gasteiger partial charge on any atom is -0.420 e. The van der Waals surface area contributed by atoms with Crippen LogP contribution in [0.5, 0.6) is 0 Å². The summed E-state index contributed by atoms with van der Waals surface area (Å²) in [6.07, 6.45) is 0.995. The van der Waals surface area contributed by atoms with Crippen molar-refractivity contribution in [2.45, 2.75) is 32.5 Å². The second-order valence-corrected chi connectivity index (χ2v) is 6.84. The van der Waals surface area contributed by atoms with E-state index in [0.717, 1.165) is 12.5 Å². The first-order chi connectivity index (χ1) is 4.77. The van der Waals surface area contributed by atoms with Crippen molar-refractivity contribution in [1.82, 2.24) is 0 Å². The monoisotopic (exact) mass is 135 g/mol. The van der Waals surface area contributed by atoms with Gasteiger partial charge < -0.3 is 4.43 Å². The molecule has 8 heavy (non-hydrogen) atoms. The average Bonchev–Trinajstić information content (AvgIpc) is 1.55. The summed E-state index contributed by atoms with van der Waals surface area (Å²) in [7, 11) is -4.10. The van der Waals surface area contributed by atoms with Crippen molar-refractivity contribution in [3.05, 3.63) is 0 Å². The smallest absolute Gasteiger partial charge is 0.186 e. The molecule has 50 valence electrons. The molecule has 0 N–H and O–H groups in total. The van der Waals surface area contributed by atoms with Crippen LogP contribution >= 0.6 is 0 Å². The van der Waals surface area contributed by atoms with E-state index in [1.54, 1.807) is 0 Å². The van der Waals surface area contributed by atoms with Gasteiger partial charge in [-0.25, -0.2) is 0 Å². The summed E-state index contributed by atoms with van der Waals surface area (Å²) >= 11 is 0. The molecule has 0 aromatic carbocycles. The molecule has 0 aliphatic rings. The number of rotatable bonds is 3. The first-order valence-corrected chi connectivity index (χ1v) is 6.08. The van der Waals surface area contributed by atoms with Gasteiger partial charge >= 0.3 is 0 Å². The van der Waals surface area contributed by atoms with E-state index in [9.17, 15) is 0 Å². The minimum atomic E-state index is -2.20. The summed E-state index contributed by atoms with van der Waals surface area (Å²) in [5, 5.41) is 0. The molecule has 2 heteroatoms. The van der Waals surface area contributed by atoms with E-state index in [-0.39, 0.29) is 0 Å². The van der Waals surface area contributed by atoms with Crippen LogP contribution in [-0.2, 0) is 4.43 Å². The van der Waals surface area contributed by atoms with Gasteiger partial charge in [0.15, 0.2) is 8.32 Å². The Labute approximate surface area is 57.4 Å². The second-order valence-electron chi connectivity index (χ2n) is 2.61. The number of hydrogen-bond donors (Lipinski definition) is 0. The van der Waals surface area contributed by atoms with Crippen molar-refractivity contribution in [1.29, 1.82) is 0 Å². The van der Waals surface area contributed by atoms with Crippen molar-refractivity contribution in [2.24, 2.45) is 0 Å². The largest absolute Gasteiger partial charge is 0.420 e. The van der Waals surface area contributed by atoms with Crippen LogP contribution in [-0.4, -0.2) is 15.4 Å². The third-order valence-corrected chi connectivity index (χ3v) is 3.39. The van der Waals surface area contributed by atoms with E-state index in [0.29, 0.717) is 0 Å². The lowest BCUT2D eigenvalue weighted by Gasteiger charge is -2.17. The third-order valence-electron chi connectivity index (χ3n) is 1.13. The normalized spacial score (nSPS) is 19.1. The highest BCUT2D eigenvalue weighted by Gasteiger charge is 2.17. The summed E-state index contributed by atoms with van der Waals surface area (Å²) in [4.78, 5) is 0. The van der Waals surface area contributed by atoms with Crippen molar-refractivity contribution < 1.29 is 8.54 Å². The Morgan fingerprint density at radius 2 is 2.25 bits per heavy atom. The molecular formula is C6H16OSi. The van der Waals surface area contributed by atoms with Gasteiger partial charge in [-0.05, 0) is 19.1 Å². The maximum Gasteiger partial charge on any atom is 0.186 e. The van der Waals surface area contributed by atoms with Crippen LogP contribution in [0.1, 0.15) is 17.5 Å². The van der Waals surface area contributed by atoms with Crippen LogP contribution in [0.2, 0.25) is 19.1 Å². The van der Waals surface area contributed by atoms with Gasteiger partial charge in [-0.2, -0.15) is 0 Å². The van der Waals surface area contributed by atoms with Crippen LogP contribution in [0.25, 0.3) is 0 Å². The fraction of sp³-hybridized carbons (Fsp3) is 1.00. The Kier molecular flexibility index (Phi) is 1.65. The Hall–Kier alpha value is 0.177. The molecule has 0 aromatic rings. The van der Waals surface area contributed by atoms with E-state index in [1.807, 2.05) is 20.0 Å². The highest BCUT2D eigenvalue weighted by Crippen LogP contribution is 2.10. The SMILES string of the molecule is [2H]C([2H])([2H])O[Si](C)(C)CCC. The van der Waals surface area contributed by atoms with Crippen LogP contribution < -0.4 is 0 Å². The quantitative estimate of drug-likeness (QED) is 0.539. The molecule has 0 aliphatic heterocycles. The molecule has 0 atom stereocenters. The molecule has 0 heterocycles. The Bertz CT molecular complexity index is 121. The van der Waals surface area contributed by atoms with Crippen LogP contribution in [0, 0.1) is 0 Å². The van der Waals surface area contributed by atoms with Crippen LogP contribution in [0.4, 0.5) is 0 Å². The minimum absolute atomic E-state index is 0.908. The standard InChI is InChI=1S/C6H16OSi/c1-5-6-8(3,4)7-2/h5-6H2,1-4H3/i2D3. The molecule has 1 nitrogen and oxygen atoms in total. The van der Waals surface area contributed by atoms with E-state index in [4.69, 9.17) is 8.54 Å². The van der Waals surface area contributed by atoms with Gasteiger partial charge in [-0.1, -0.05) is 13.3 Å². The molecule has 0 radical (unpaired) electrons. The molecule has 0 spiro atoms. The molecular weight excluding hydrogens is 116 g/mol. The van der Waals surface area contributed by atoms with Gasteiger partial charge in [-0.3, -0.25) is 0 Å². The lowest BCUT2D eigenvalue weighted by molar-refractivity contribution is 0.403. The molecule has 0 rings (SSSR count). The van der Waals surface area contributed by atoms with Crippen LogP contribution in [0.15, 0.2) is 0 Å². The molecule has 0 unspecified atom stereocenters. The molecule has 0 fully saturated rings. The van der Waals surface area contributed by atoms with E-state index < -0.39 is 15.4 Å². The zero-order valence-electron chi connectivity index (χ0n) is 8.82. The van der Waals surface area contributed by atoms with E-state index in [2.05, 4.69) is 0 Å². The Morgan fingerprint density at radius 3 is 2.62 bits per heavy atom. The van der Waals surface area contributed by atoms with Gasteiger partial charge in [0.2, 0.25) is 0 Å². The average molecular weight is 135 g/mol. The predicted molar refractivity (Wildman–Crippen MR) is 39.6 cm³/mol. The van der Waals surface area contributed by atoms with Gasteiger partial charge in [0, 0.05) is 7.04 Å². The van der Waals surface area contributed by atoms with E-state index in [1.165, 1.54) is 0 Å².